The van der Waals surface area contributed by atoms with Gasteiger partial charge < -0.3 is 4.74 Å². The van der Waals surface area contributed by atoms with Crippen LogP contribution in [0.4, 0.5) is 0 Å². The second-order valence-electron chi connectivity index (χ2n) is 17.5. The number of hydrogen-bond acceptors (Lipinski definition) is 2. The Morgan fingerprint density at radius 1 is 0.830 bits per heavy atom. The number of carbonyl (C=O) groups is 1. The van der Waals surface area contributed by atoms with Gasteiger partial charge in [0.05, 0.1) is 0 Å². The number of ether oxygens (including phenoxy) is 1. The molecule has 4 aliphatic carbocycles. The summed E-state index contributed by atoms with van der Waals surface area (Å²) in [6, 6.07) is 0. The third-order valence-electron chi connectivity index (χ3n) is 13.8. The van der Waals surface area contributed by atoms with Crippen LogP contribution in [-0.4, -0.2) is 12.1 Å². The molecule has 0 amide bonds. The van der Waals surface area contributed by atoms with Crippen molar-refractivity contribution in [1.29, 1.82) is 0 Å². The summed E-state index contributed by atoms with van der Waals surface area (Å²) in [5, 5.41) is 0. The molecule has 0 aromatic rings. The average molecular weight is 649 g/mol. The van der Waals surface area contributed by atoms with Crippen LogP contribution in [0.15, 0.2) is 34.9 Å². The summed E-state index contributed by atoms with van der Waals surface area (Å²) in [6.07, 6.45) is 38.9. The Morgan fingerprint density at radius 3 is 2.21 bits per heavy atom. The summed E-state index contributed by atoms with van der Waals surface area (Å²) in [5.41, 5.74) is 6.08. The molecule has 47 heavy (non-hydrogen) atoms. The zero-order chi connectivity index (χ0) is 33.7. The van der Waals surface area contributed by atoms with Crippen molar-refractivity contribution in [2.75, 3.05) is 0 Å². The molecule has 4 rings (SSSR count). The average Bonchev–Trinajstić information content (AvgIpc) is 3.40. The highest BCUT2D eigenvalue weighted by molar-refractivity contribution is 5.69. The molecule has 0 aromatic heterocycles. The molecule has 2 fully saturated rings. The smallest absolute Gasteiger partial charge is 0.306 e. The predicted molar refractivity (Wildman–Crippen MR) is 202 cm³/mol. The first-order valence-corrected chi connectivity index (χ1v) is 20.9. The van der Waals surface area contributed by atoms with Crippen LogP contribution in [0.25, 0.3) is 0 Å². The molecule has 268 valence electrons. The van der Waals surface area contributed by atoms with E-state index in [0.717, 1.165) is 43.4 Å². The van der Waals surface area contributed by atoms with Crippen LogP contribution in [0.5, 0.6) is 0 Å². The molecule has 0 aliphatic heterocycles. The fraction of sp³-hybridized carbons (Fsp3) is 0.844. The highest BCUT2D eigenvalue weighted by atomic mass is 16.5. The number of esters is 1. The molecule has 0 heterocycles. The number of unbranched alkanes of at least 4 members (excludes halogenated alkanes) is 11. The number of carbonyl (C=O) groups excluding carboxylic acids is 1. The fourth-order valence-electron chi connectivity index (χ4n) is 10.9. The van der Waals surface area contributed by atoms with Crippen LogP contribution in [-0.2, 0) is 9.53 Å². The van der Waals surface area contributed by atoms with E-state index in [0.29, 0.717) is 23.2 Å². The van der Waals surface area contributed by atoms with Gasteiger partial charge in [-0.1, -0.05) is 114 Å². The molecule has 0 aromatic carbocycles. The summed E-state index contributed by atoms with van der Waals surface area (Å²) in [5.74, 6) is 3.29. The van der Waals surface area contributed by atoms with Crippen molar-refractivity contribution in [3.63, 3.8) is 0 Å². The first-order valence-electron chi connectivity index (χ1n) is 20.9. The van der Waals surface area contributed by atoms with Crippen molar-refractivity contribution in [3.05, 3.63) is 34.9 Å². The van der Waals surface area contributed by atoms with Crippen LogP contribution in [0.2, 0.25) is 0 Å². The molecular formula is C45H76O2. The number of fused-ring (bicyclic) bond motifs is 4. The topological polar surface area (TPSA) is 26.3 Å². The second kappa shape index (κ2) is 19.2. The van der Waals surface area contributed by atoms with Crippen LogP contribution in [0.1, 0.15) is 202 Å². The van der Waals surface area contributed by atoms with Crippen molar-refractivity contribution in [1.82, 2.24) is 0 Å². The summed E-state index contributed by atoms with van der Waals surface area (Å²) in [7, 11) is 0. The Bertz CT molecular complexity index is 1040. The summed E-state index contributed by atoms with van der Waals surface area (Å²) in [4.78, 5) is 12.8. The quantitative estimate of drug-likeness (QED) is 0.0746. The Balaban J connectivity index is 1.13. The van der Waals surface area contributed by atoms with Gasteiger partial charge in [0, 0.05) is 6.42 Å². The Morgan fingerprint density at radius 2 is 1.51 bits per heavy atom. The van der Waals surface area contributed by atoms with E-state index >= 15 is 0 Å². The monoisotopic (exact) mass is 649 g/mol. The van der Waals surface area contributed by atoms with Gasteiger partial charge in [0.25, 0.3) is 0 Å². The summed E-state index contributed by atoms with van der Waals surface area (Å²) in [6.45, 7) is 14.6. The lowest BCUT2D eigenvalue weighted by molar-refractivity contribution is -0.153. The predicted octanol–water partition coefficient (Wildman–Crippen LogP) is 14.0. The standard InChI is InChI=1S/C45H76O2/c1-7-8-9-10-11-12-13-14-15-16-17-18-19-20-21-25-43(46)47-38-30-32-44(5)37(34-38)26-27-39-41-29-28-40(36(4)24-22-23-35(2)3)45(41,6)33-31-42(39)44/h14-15,23,36-38,40-41H,7-13,16-22,24-34H2,1-6H3. The molecular weight excluding hydrogens is 572 g/mol. The lowest BCUT2D eigenvalue weighted by atomic mass is 9.50. The van der Waals surface area contributed by atoms with Gasteiger partial charge in [0.15, 0.2) is 0 Å². The lowest BCUT2D eigenvalue weighted by Crippen LogP contribution is -2.46. The number of hydrogen-bond donors (Lipinski definition) is 0. The molecule has 7 atom stereocenters. The van der Waals surface area contributed by atoms with E-state index in [1.54, 1.807) is 0 Å². The summed E-state index contributed by atoms with van der Waals surface area (Å²) >= 11 is 0. The normalized spacial score (nSPS) is 30.9. The van der Waals surface area contributed by atoms with Gasteiger partial charge in [-0.05, 0) is 151 Å². The third-order valence-corrected chi connectivity index (χ3v) is 13.8. The summed E-state index contributed by atoms with van der Waals surface area (Å²) < 4.78 is 6.14. The van der Waals surface area contributed by atoms with Gasteiger partial charge in [0.2, 0.25) is 0 Å². The molecule has 0 saturated heterocycles. The van der Waals surface area contributed by atoms with E-state index in [4.69, 9.17) is 4.74 Å². The Hall–Kier alpha value is -1.31. The van der Waals surface area contributed by atoms with Crippen LogP contribution in [0, 0.1) is 34.5 Å². The van der Waals surface area contributed by atoms with E-state index in [1.165, 1.54) is 134 Å². The van der Waals surface area contributed by atoms with E-state index in [9.17, 15) is 4.79 Å². The fourth-order valence-corrected chi connectivity index (χ4v) is 10.9. The highest BCUT2D eigenvalue weighted by Gasteiger charge is 2.56. The molecule has 0 spiro atoms. The van der Waals surface area contributed by atoms with Crippen LogP contribution < -0.4 is 0 Å². The Labute approximate surface area is 292 Å². The van der Waals surface area contributed by atoms with Crippen molar-refractivity contribution in [2.45, 2.75) is 208 Å². The second-order valence-corrected chi connectivity index (χ2v) is 17.5. The molecule has 2 heteroatoms. The molecule has 4 aliphatic rings. The van der Waals surface area contributed by atoms with Gasteiger partial charge in [0.1, 0.15) is 6.10 Å². The van der Waals surface area contributed by atoms with E-state index in [2.05, 4.69) is 59.8 Å². The molecule has 2 saturated carbocycles. The van der Waals surface area contributed by atoms with Crippen LogP contribution in [0.3, 0.4) is 0 Å². The minimum atomic E-state index is 0.0658. The van der Waals surface area contributed by atoms with Crippen LogP contribution >= 0.6 is 0 Å². The van der Waals surface area contributed by atoms with Crippen molar-refractivity contribution >= 4 is 5.97 Å². The molecule has 0 radical (unpaired) electrons. The minimum Gasteiger partial charge on any atom is -0.462 e. The van der Waals surface area contributed by atoms with Crippen molar-refractivity contribution < 1.29 is 9.53 Å². The van der Waals surface area contributed by atoms with Gasteiger partial charge >= 0.3 is 5.97 Å². The van der Waals surface area contributed by atoms with Gasteiger partial charge in [-0.2, -0.15) is 0 Å². The van der Waals surface area contributed by atoms with E-state index in [-0.39, 0.29) is 12.1 Å². The minimum absolute atomic E-state index is 0.0658. The van der Waals surface area contributed by atoms with Gasteiger partial charge in [-0.3, -0.25) is 4.79 Å². The lowest BCUT2D eigenvalue weighted by Gasteiger charge is -2.55. The SMILES string of the molecule is CCCCCCCCC=CCCCCCCCC(=O)OC1CCC2(C)C3=C(CCC2C1)C1CCC(C(C)CCC=C(C)C)C1(C)CC3. The Kier molecular flexibility index (Phi) is 15.7. The first-order chi connectivity index (χ1) is 22.7. The third kappa shape index (κ3) is 10.6. The van der Waals surface area contributed by atoms with Crippen molar-refractivity contribution in [2.24, 2.45) is 34.5 Å². The van der Waals surface area contributed by atoms with Crippen molar-refractivity contribution in [3.8, 4) is 0 Å². The van der Waals surface area contributed by atoms with Gasteiger partial charge in [-0.25, -0.2) is 0 Å². The highest BCUT2D eigenvalue weighted by Crippen LogP contribution is 2.66. The molecule has 0 N–H and O–H groups in total. The number of rotatable bonds is 20. The van der Waals surface area contributed by atoms with Gasteiger partial charge in [-0.15, -0.1) is 0 Å². The maximum atomic E-state index is 12.8. The maximum absolute atomic E-state index is 12.8. The maximum Gasteiger partial charge on any atom is 0.306 e. The zero-order valence-electron chi connectivity index (χ0n) is 32.1. The number of allylic oxidation sites excluding steroid dienone is 6. The zero-order valence-corrected chi connectivity index (χ0v) is 32.1. The largest absolute Gasteiger partial charge is 0.462 e. The first kappa shape index (κ1) is 38.5. The van der Waals surface area contributed by atoms with E-state index in [1.807, 2.05) is 11.1 Å². The molecule has 0 bridgehead atoms. The molecule has 7 unspecified atom stereocenters. The molecule has 2 nitrogen and oxygen atoms in total. The van der Waals surface area contributed by atoms with E-state index < -0.39 is 0 Å².